The van der Waals surface area contributed by atoms with Crippen molar-refractivity contribution in [3.8, 4) is 0 Å². The van der Waals surface area contributed by atoms with E-state index in [1.54, 1.807) is 28.8 Å². The summed E-state index contributed by atoms with van der Waals surface area (Å²) in [4.78, 5) is 22.7. The molecule has 0 radical (unpaired) electrons. The molecule has 0 saturated carbocycles. The van der Waals surface area contributed by atoms with Crippen LogP contribution >= 0.6 is 0 Å². The van der Waals surface area contributed by atoms with Crippen molar-refractivity contribution in [1.29, 1.82) is 0 Å². The largest absolute Gasteiger partial charge is 0.323 e. The third kappa shape index (κ3) is 6.12. The van der Waals surface area contributed by atoms with Crippen molar-refractivity contribution in [2.45, 2.75) is 78.3 Å². The SMILES string of the molecule is CC[C@H]1Cc2ccccc2S(=O)(=O)N(Cc2cc([C@@H](c3ccc4c(nnn4CC)c3C)C(C)(C)C(=O)Nc3cncnc3)ccc2C)C1. The summed E-state index contributed by atoms with van der Waals surface area (Å²) in [6.45, 7) is 13.4. The lowest BCUT2D eigenvalue weighted by atomic mass is 9.69. The number of aryl methyl sites for hydroxylation is 3. The predicted molar refractivity (Wildman–Crippen MR) is 187 cm³/mol. The number of benzene rings is 3. The number of nitrogens with zero attached hydrogens (tertiary/aromatic N) is 6. The predicted octanol–water partition coefficient (Wildman–Crippen LogP) is 6.43. The van der Waals surface area contributed by atoms with Gasteiger partial charge >= 0.3 is 0 Å². The Labute approximate surface area is 282 Å². The lowest BCUT2D eigenvalue weighted by Crippen LogP contribution is -2.37. The zero-order valence-electron chi connectivity index (χ0n) is 28.4. The first kappa shape index (κ1) is 33.4. The Hall–Kier alpha value is -4.48. The first-order valence-electron chi connectivity index (χ1n) is 16.5. The van der Waals surface area contributed by atoms with E-state index < -0.39 is 21.4 Å². The van der Waals surface area contributed by atoms with Crippen LogP contribution in [0.15, 0.2) is 78.2 Å². The van der Waals surface area contributed by atoms with Crippen LogP contribution in [0.4, 0.5) is 5.69 Å². The molecule has 3 aromatic carbocycles. The van der Waals surface area contributed by atoms with Gasteiger partial charge in [-0.3, -0.25) is 4.79 Å². The fraction of sp³-hybridized carbons (Fsp3) is 0.378. The zero-order chi connectivity index (χ0) is 34.2. The molecule has 1 N–H and O–H groups in total. The molecular weight excluding hydrogens is 623 g/mol. The van der Waals surface area contributed by atoms with Gasteiger partial charge in [0.15, 0.2) is 0 Å². The summed E-state index contributed by atoms with van der Waals surface area (Å²) >= 11 is 0. The van der Waals surface area contributed by atoms with Crippen molar-refractivity contribution < 1.29 is 13.2 Å². The van der Waals surface area contributed by atoms with Gasteiger partial charge in [0, 0.05) is 25.6 Å². The van der Waals surface area contributed by atoms with Gasteiger partial charge in [-0.15, -0.1) is 5.10 Å². The fourth-order valence-corrected chi connectivity index (χ4v) is 8.71. The third-order valence-corrected chi connectivity index (χ3v) is 11.8. The van der Waals surface area contributed by atoms with E-state index in [4.69, 9.17) is 0 Å². The van der Waals surface area contributed by atoms with Crippen LogP contribution in [-0.4, -0.2) is 50.1 Å². The van der Waals surface area contributed by atoms with Gasteiger partial charge in [-0.1, -0.05) is 74.9 Å². The third-order valence-electron chi connectivity index (χ3n) is 9.91. The molecule has 250 valence electrons. The van der Waals surface area contributed by atoms with Gasteiger partial charge in [0.1, 0.15) is 11.8 Å². The minimum atomic E-state index is -3.73. The molecule has 11 heteroatoms. The summed E-state index contributed by atoms with van der Waals surface area (Å²) in [5, 5.41) is 11.9. The summed E-state index contributed by atoms with van der Waals surface area (Å²) in [6.07, 6.45) is 6.17. The number of sulfonamides is 1. The van der Waals surface area contributed by atoms with Crippen LogP contribution in [-0.2, 0) is 34.3 Å². The molecule has 2 aromatic heterocycles. The standard InChI is InChI=1S/C37H43N7O3S/c1-7-26-17-27-11-9-10-12-33(27)48(46,47)43(21-26)22-29-18-28(14-13-24(29)3)34(37(5,6)36(45)40-30-19-38-23-39-20-30)31-15-16-32-35(25(31)4)41-42-44(32)8-2/h9-16,18-20,23,26,34H,7-8,17,21-22H2,1-6H3,(H,40,45)/t26-,34-/m0/s1. The average molecular weight is 666 g/mol. The summed E-state index contributed by atoms with van der Waals surface area (Å²) < 4.78 is 31.7. The van der Waals surface area contributed by atoms with Crippen molar-refractivity contribution in [3.05, 3.63) is 107 Å². The van der Waals surface area contributed by atoms with Crippen molar-refractivity contribution in [2.24, 2.45) is 11.3 Å². The first-order valence-corrected chi connectivity index (χ1v) is 18.0. The molecule has 0 unspecified atom stereocenters. The van der Waals surface area contributed by atoms with E-state index in [9.17, 15) is 13.2 Å². The number of carbonyl (C=O) groups is 1. The number of fused-ring (bicyclic) bond motifs is 2. The van der Waals surface area contributed by atoms with Crippen LogP contribution in [0.3, 0.4) is 0 Å². The van der Waals surface area contributed by atoms with Gasteiger partial charge in [0.25, 0.3) is 0 Å². The van der Waals surface area contributed by atoms with E-state index in [1.807, 2.05) is 63.6 Å². The normalized spacial score (nSPS) is 17.1. The lowest BCUT2D eigenvalue weighted by molar-refractivity contribution is -0.124. The number of anilines is 1. The highest BCUT2D eigenvalue weighted by molar-refractivity contribution is 7.89. The number of nitrogens with one attached hydrogen (secondary N) is 1. The second-order valence-corrected chi connectivity index (χ2v) is 15.3. The average Bonchev–Trinajstić information content (AvgIpc) is 3.46. The van der Waals surface area contributed by atoms with Crippen molar-refractivity contribution >= 4 is 32.7 Å². The van der Waals surface area contributed by atoms with Crippen LogP contribution in [0.1, 0.15) is 73.4 Å². The minimum Gasteiger partial charge on any atom is -0.323 e. The molecule has 3 heterocycles. The van der Waals surface area contributed by atoms with Gasteiger partial charge < -0.3 is 5.32 Å². The molecule has 1 amide bonds. The number of hydrogen-bond acceptors (Lipinski definition) is 7. The second kappa shape index (κ2) is 13.2. The summed E-state index contributed by atoms with van der Waals surface area (Å²) in [7, 11) is -3.73. The first-order chi connectivity index (χ1) is 22.9. The molecule has 0 saturated heterocycles. The fourth-order valence-electron chi connectivity index (χ4n) is 6.98. The highest BCUT2D eigenvalue weighted by Crippen LogP contribution is 2.45. The zero-order valence-corrected chi connectivity index (χ0v) is 29.3. The highest BCUT2D eigenvalue weighted by atomic mass is 32.2. The van der Waals surface area contributed by atoms with Gasteiger partial charge in [0.2, 0.25) is 15.9 Å². The Morgan fingerprint density at radius 2 is 1.79 bits per heavy atom. The second-order valence-electron chi connectivity index (χ2n) is 13.4. The number of hydrogen-bond donors (Lipinski definition) is 1. The van der Waals surface area contributed by atoms with E-state index in [1.165, 1.54) is 6.33 Å². The quantitative estimate of drug-likeness (QED) is 0.193. The van der Waals surface area contributed by atoms with Crippen molar-refractivity contribution in [2.75, 3.05) is 11.9 Å². The summed E-state index contributed by atoms with van der Waals surface area (Å²) in [5.74, 6) is -0.406. The summed E-state index contributed by atoms with van der Waals surface area (Å²) in [5.41, 5.74) is 6.83. The van der Waals surface area contributed by atoms with Crippen molar-refractivity contribution in [3.63, 3.8) is 0 Å². The molecular formula is C37H43N7O3S. The molecule has 0 fully saturated rings. The molecule has 48 heavy (non-hydrogen) atoms. The van der Waals surface area contributed by atoms with E-state index in [2.05, 4.69) is 50.7 Å². The molecule has 6 rings (SSSR count). The molecule has 1 aliphatic rings. The Morgan fingerprint density at radius 3 is 2.52 bits per heavy atom. The van der Waals surface area contributed by atoms with E-state index in [0.29, 0.717) is 23.7 Å². The molecule has 0 bridgehead atoms. The van der Waals surface area contributed by atoms with E-state index in [0.717, 1.165) is 57.3 Å². The maximum atomic E-state index is 14.1. The van der Waals surface area contributed by atoms with Crippen LogP contribution in [0.5, 0.6) is 0 Å². The number of amides is 1. The molecule has 1 aliphatic heterocycles. The van der Waals surface area contributed by atoms with E-state index in [-0.39, 0.29) is 18.4 Å². The van der Waals surface area contributed by atoms with Crippen LogP contribution < -0.4 is 5.32 Å². The van der Waals surface area contributed by atoms with Gasteiger partial charge in [-0.25, -0.2) is 23.1 Å². The Bertz CT molecular complexity index is 2080. The van der Waals surface area contributed by atoms with Crippen molar-refractivity contribution in [1.82, 2.24) is 29.3 Å². The maximum Gasteiger partial charge on any atom is 0.243 e. The number of rotatable bonds is 9. The molecule has 10 nitrogen and oxygen atoms in total. The number of carbonyl (C=O) groups excluding carboxylic acids is 1. The Balaban J connectivity index is 1.46. The Morgan fingerprint density at radius 1 is 1.04 bits per heavy atom. The lowest BCUT2D eigenvalue weighted by Gasteiger charge is -2.35. The van der Waals surface area contributed by atoms with Crippen LogP contribution in [0, 0.1) is 25.2 Å². The Kier molecular flexibility index (Phi) is 9.19. The minimum absolute atomic E-state index is 0.196. The molecule has 2 atom stereocenters. The number of aromatic nitrogens is 5. The van der Waals surface area contributed by atoms with Gasteiger partial charge in [-0.2, -0.15) is 4.31 Å². The van der Waals surface area contributed by atoms with E-state index >= 15 is 0 Å². The summed E-state index contributed by atoms with van der Waals surface area (Å²) in [6, 6.07) is 17.6. The highest BCUT2D eigenvalue weighted by Gasteiger charge is 2.41. The monoisotopic (exact) mass is 665 g/mol. The molecule has 0 spiro atoms. The van der Waals surface area contributed by atoms with Gasteiger partial charge in [0.05, 0.1) is 33.9 Å². The van der Waals surface area contributed by atoms with Gasteiger partial charge in [-0.05, 0) is 78.6 Å². The van der Waals surface area contributed by atoms with Crippen LogP contribution in [0.25, 0.3) is 11.0 Å². The molecule has 5 aromatic rings. The topological polar surface area (TPSA) is 123 Å². The maximum absolute atomic E-state index is 14.1. The smallest absolute Gasteiger partial charge is 0.243 e. The van der Waals surface area contributed by atoms with Crippen LogP contribution in [0.2, 0.25) is 0 Å². The molecule has 0 aliphatic carbocycles.